The fourth-order valence-electron chi connectivity index (χ4n) is 3.60. The molecule has 1 aliphatic rings. The van der Waals surface area contributed by atoms with Gasteiger partial charge in [0.05, 0.1) is 3.79 Å². The van der Waals surface area contributed by atoms with Crippen LogP contribution in [0.1, 0.15) is 62.9 Å². The fraction of sp³-hybridized carbons (Fsp3) is 0.750. The molecule has 19 heavy (non-hydrogen) atoms. The quantitative estimate of drug-likeness (QED) is 0.740. The molecule has 2 rings (SSSR count). The normalized spacial score (nSPS) is 24.4. The second-order valence-electron chi connectivity index (χ2n) is 6.44. The number of hydrogen-bond acceptors (Lipinski definition) is 2. The first-order valence-electron chi connectivity index (χ1n) is 7.45. The summed E-state index contributed by atoms with van der Waals surface area (Å²) in [6, 6.07) is 2.85. The number of hydrogen-bond donors (Lipinski definition) is 1. The van der Waals surface area contributed by atoms with E-state index >= 15 is 0 Å². The van der Waals surface area contributed by atoms with Crippen LogP contribution >= 0.6 is 27.3 Å². The van der Waals surface area contributed by atoms with Crippen molar-refractivity contribution < 1.29 is 0 Å². The van der Waals surface area contributed by atoms with Crippen molar-refractivity contribution in [2.45, 2.75) is 59.4 Å². The first-order valence-corrected chi connectivity index (χ1v) is 9.06. The largest absolute Gasteiger partial charge is 0.310 e. The first kappa shape index (κ1) is 15.5. The van der Waals surface area contributed by atoms with Crippen LogP contribution in [0.2, 0.25) is 0 Å². The van der Waals surface area contributed by atoms with Gasteiger partial charge < -0.3 is 5.32 Å². The lowest BCUT2D eigenvalue weighted by molar-refractivity contribution is 0.0988. The van der Waals surface area contributed by atoms with E-state index in [1.165, 1.54) is 39.9 Å². The summed E-state index contributed by atoms with van der Waals surface area (Å²) in [5.41, 5.74) is 1.96. The zero-order chi connectivity index (χ0) is 14.0. The molecule has 2 atom stereocenters. The Morgan fingerprint density at radius 2 is 2.21 bits per heavy atom. The Morgan fingerprint density at radius 3 is 2.74 bits per heavy atom. The highest BCUT2D eigenvalue weighted by Gasteiger charge is 2.38. The summed E-state index contributed by atoms with van der Waals surface area (Å²) < 4.78 is 1.26. The van der Waals surface area contributed by atoms with Gasteiger partial charge in [0, 0.05) is 10.9 Å². The van der Waals surface area contributed by atoms with Gasteiger partial charge in [-0.1, -0.05) is 33.6 Å². The molecule has 1 aromatic rings. The predicted molar refractivity (Wildman–Crippen MR) is 88.9 cm³/mol. The first-order chi connectivity index (χ1) is 8.95. The van der Waals surface area contributed by atoms with Gasteiger partial charge in [-0.25, -0.2) is 0 Å². The van der Waals surface area contributed by atoms with Gasteiger partial charge in [0.1, 0.15) is 0 Å². The van der Waals surface area contributed by atoms with Gasteiger partial charge in [-0.3, -0.25) is 0 Å². The van der Waals surface area contributed by atoms with Crippen molar-refractivity contribution in [3.8, 4) is 0 Å². The Hall–Kier alpha value is 0.140. The number of halogens is 1. The lowest BCUT2D eigenvalue weighted by atomic mass is 9.65. The SMILES string of the molecule is CCNC(c1cc(Br)sc1C)C1CCCCC1(C)C. The molecule has 1 N–H and O–H groups in total. The van der Waals surface area contributed by atoms with Crippen LogP contribution in [0.4, 0.5) is 0 Å². The van der Waals surface area contributed by atoms with E-state index in [1.807, 2.05) is 11.3 Å². The summed E-state index contributed by atoms with van der Waals surface area (Å²) in [6.45, 7) is 10.4. The van der Waals surface area contributed by atoms with E-state index in [4.69, 9.17) is 0 Å². The number of nitrogens with one attached hydrogen (secondary N) is 1. The molecule has 0 amide bonds. The smallest absolute Gasteiger partial charge is 0.0704 e. The van der Waals surface area contributed by atoms with Crippen molar-refractivity contribution in [1.82, 2.24) is 5.32 Å². The molecule has 3 heteroatoms. The summed E-state index contributed by atoms with van der Waals surface area (Å²) in [7, 11) is 0. The highest BCUT2D eigenvalue weighted by molar-refractivity contribution is 9.11. The van der Waals surface area contributed by atoms with E-state index in [0.29, 0.717) is 11.5 Å². The monoisotopic (exact) mass is 343 g/mol. The second-order valence-corrected chi connectivity index (χ2v) is 9.07. The fourth-order valence-corrected chi connectivity index (χ4v) is 5.35. The lowest BCUT2D eigenvalue weighted by Crippen LogP contribution is -2.39. The van der Waals surface area contributed by atoms with Crippen LogP contribution in [-0.4, -0.2) is 6.54 Å². The van der Waals surface area contributed by atoms with E-state index < -0.39 is 0 Å². The van der Waals surface area contributed by atoms with Crippen LogP contribution in [0, 0.1) is 18.3 Å². The third-order valence-electron chi connectivity index (χ3n) is 4.68. The molecule has 1 saturated carbocycles. The van der Waals surface area contributed by atoms with Crippen molar-refractivity contribution in [3.05, 3.63) is 20.3 Å². The van der Waals surface area contributed by atoms with Crippen LogP contribution in [-0.2, 0) is 0 Å². The van der Waals surface area contributed by atoms with Crippen molar-refractivity contribution >= 4 is 27.3 Å². The zero-order valence-corrected chi connectivity index (χ0v) is 15.0. The van der Waals surface area contributed by atoms with Gasteiger partial charge >= 0.3 is 0 Å². The number of aryl methyl sites for hydroxylation is 1. The molecule has 0 saturated heterocycles. The molecule has 0 aromatic carbocycles. The molecule has 108 valence electrons. The Bertz CT molecular complexity index is 424. The van der Waals surface area contributed by atoms with Crippen LogP contribution < -0.4 is 5.32 Å². The number of thiophene rings is 1. The van der Waals surface area contributed by atoms with Crippen molar-refractivity contribution in [2.75, 3.05) is 6.54 Å². The van der Waals surface area contributed by atoms with Crippen molar-refractivity contribution in [3.63, 3.8) is 0 Å². The Labute approximate surface area is 130 Å². The van der Waals surface area contributed by atoms with Gasteiger partial charge in [-0.15, -0.1) is 11.3 Å². The summed E-state index contributed by atoms with van der Waals surface area (Å²) in [4.78, 5) is 1.46. The van der Waals surface area contributed by atoms with Crippen molar-refractivity contribution in [2.24, 2.45) is 11.3 Å². The van der Waals surface area contributed by atoms with E-state index in [9.17, 15) is 0 Å². The summed E-state index contributed by atoms with van der Waals surface area (Å²) >= 11 is 5.51. The number of rotatable bonds is 4. The molecule has 1 aliphatic carbocycles. The van der Waals surface area contributed by atoms with Gasteiger partial charge in [0.2, 0.25) is 0 Å². The molecule has 0 aliphatic heterocycles. The van der Waals surface area contributed by atoms with E-state index in [2.05, 4.69) is 55.0 Å². The summed E-state index contributed by atoms with van der Waals surface area (Å²) in [5.74, 6) is 0.751. The predicted octanol–water partition coefficient (Wildman–Crippen LogP) is 5.69. The third-order valence-corrected chi connectivity index (χ3v) is 6.25. The summed E-state index contributed by atoms with van der Waals surface area (Å²) in [6.07, 6.45) is 5.51. The molecule has 1 nitrogen and oxygen atoms in total. The van der Waals surface area contributed by atoms with Crippen LogP contribution in [0.15, 0.2) is 9.85 Å². The maximum Gasteiger partial charge on any atom is 0.0704 e. The molecule has 1 heterocycles. The molecule has 1 fully saturated rings. The Balaban J connectivity index is 2.31. The van der Waals surface area contributed by atoms with Crippen LogP contribution in [0.25, 0.3) is 0 Å². The molecular weight excluding hydrogens is 318 g/mol. The third kappa shape index (κ3) is 3.43. The molecular formula is C16H26BrNS. The van der Waals surface area contributed by atoms with Gasteiger partial charge in [-0.05, 0) is 65.2 Å². The van der Waals surface area contributed by atoms with E-state index in [0.717, 1.165) is 12.5 Å². The standard InChI is InChI=1S/C16H26BrNS/c1-5-18-15(12-10-14(17)19-11(12)2)13-8-6-7-9-16(13,3)4/h10,13,15,18H,5-9H2,1-4H3. The highest BCUT2D eigenvalue weighted by Crippen LogP contribution is 2.48. The minimum atomic E-state index is 0.450. The van der Waals surface area contributed by atoms with E-state index in [1.54, 1.807) is 0 Å². The van der Waals surface area contributed by atoms with Gasteiger partial charge in [0.25, 0.3) is 0 Å². The maximum absolute atomic E-state index is 3.76. The lowest BCUT2D eigenvalue weighted by Gasteiger charge is -2.43. The summed E-state index contributed by atoms with van der Waals surface area (Å²) in [5, 5.41) is 3.76. The van der Waals surface area contributed by atoms with Gasteiger partial charge in [-0.2, -0.15) is 0 Å². The molecule has 0 radical (unpaired) electrons. The highest BCUT2D eigenvalue weighted by atomic mass is 79.9. The minimum absolute atomic E-state index is 0.450. The molecule has 0 bridgehead atoms. The van der Waals surface area contributed by atoms with Crippen LogP contribution in [0.5, 0.6) is 0 Å². The average Bonchev–Trinajstić information content (AvgIpc) is 2.65. The van der Waals surface area contributed by atoms with Crippen LogP contribution in [0.3, 0.4) is 0 Å². The minimum Gasteiger partial charge on any atom is -0.310 e. The van der Waals surface area contributed by atoms with Crippen molar-refractivity contribution in [1.29, 1.82) is 0 Å². The topological polar surface area (TPSA) is 12.0 Å². The second kappa shape index (κ2) is 6.28. The Morgan fingerprint density at radius 1 is 1.47 bits per heavy atom. The Kier molecular flexibility index (Phi) is 5.13. The molecule has 2 unspecified atom stereocenters. The van der Waals surface area contributed by atoms with E-state index in [-0.39, 0.29) is 0 Å². The average molecular weight is 344 g/mol. The molecule has 1 aromatic heterocycles. The van der Waals surface area contributed by atoms with Gasteiger partial charge in [0.15, 0.2) is 0 Å². The zero-order valence-electron chi connectivity index (χ0n) is 12.6. The maximum atomic E-state index is 3.76. The molecule has 0 spiro atoms.